The second kappa shape index (κ2) is 4.39. The fraction of sp³-hybridized carbons (Fsp3) is 0.333. The highest BCUT2D eigenvalue weighted by atomic mass is 19.2. The molecule has 0 N–H and O–H groups in total. The molecule has 0 fully saturated rings. The fourth-order valence-electron chi connectivity index (χ4n) is 1.20. The van der Waals surface area contributed by atoms with E-state index in [1.54, 1.807) is 0 Å². The van der Waals surface area contributed by atoms with Gasteiger partial charge < -0.3 is 4.74 Å². The molecule has 0 saturated carbocycles. The molecular formula is C12H12F4O. The van der Waals surface area contributed by atoms with Crippen molar-refractivity contribution in [2.24, 2.45) is 0 Å². The van der Waals surface area contributed by atoms with E-state index in [0.717, 1.165) is 0 Å². The predicted octanol–water partition coefficient (Wildman–Crippen LogP) is 4.06. The maximum Gasteiger partial charge on any atom is 0.204 e. The average Bonchev–Trinajstić information content (AvgIpc) is 2.21. The van der Waals surface area contributed by atoms with Crippen LogP contribution in [0, 0.1) is 23.3 Å². The second-order valence-corrected chi connectivity index (χ2v) is 4.42. The van der Waals surface area contributed by atoms with Gasteiger partial charge in [0.25, 0.3) is 0 Å². The Morgan fingerprint density at radius 2 is 1.35 bits per heavy atom. The van der Waals surface area contributed by atoms with Crippen molar-refractivity contribution in [2.45, 2.75) is 26.4 Å². The van der Waals surface area contributed by atoms with Crippen molar-refractivity contribution in [1.82, 2.24) is 0 Å². The number of benzene rings is 1. The van der Waals surface area contributed by atoms with Crippen LogP contribution in [0.5, 0.6) is 5.75 Å². The van der Waals surface area contributed by atoms with Crippen LogP contribution < -0.4 is 4.74 Å². The first kappa shape index (κ1) is 13.5. The lowest BCUT2D eigenvalue weighted by atomic mass is 10.1. The molecule has 0 bridgehead atoms. The van der Waals surface area contributed by atoms with Gasteiger partial charge in [0.05, 0.1) is 5.56 Å². The first-order valence-corrected chi connectivity index (χ1v) is 4.86. The Balaban J connectivity index is 3.48. The van der Waals surface area contributed by atoms with E-state index in [-0.39, 0.29) is 0 Å². The van der Waals surface area contributed by atoms with E-state index in [4.69, 9.17) is 4.74 Å². The molecule has 0 aliphatic carbocycles. The van der Waals surface area contributed by atoms with Gasteiger partial charge in [0.1, 0.15) is 5.60 Å². The number of halogens is 4. The monoisotopic (exact) mass is 248 g/mol. The lowest BCUT2D eigenvalue weighted by molar-refractivity contribution is 0.114. The first-order valence-electron chi connectivity index (χ1n) is 4.86. The summed E-state index contributed by atoms with van der Waals surface area (Å²) in [7, 11) is 0. The van der Waals surface area contributed by atoms with Crippen LogP contribution in [0.2, 0.25) is 0 Å². The summed E-state index contributed by atoms with van der Waals surface area (Å²) in [5.74, 6) is -7.21. The van der Waals surface area contributed by atoms with Gasteiger partial charge in [0.15, 0.2) is 17.4 Å². The Bertz CT molecular complexity index is 432. The Morgan fingerprint density at radius 1 is 0.941 bits per heavy atom. The molecule has 0 radical (unpaired) electrons. The molecule has 0 aromatic heterocycles. The highest BCUT2D eigenvalue weighted by molar-refractivity contribution is 5.52. The Morgan fingerprint density at radius 3 is 1.65 bits per heavy atom. The number of hydrogen-bond donors (Lipinski definition) is 0. The van der Waals surface area contributed by atoms with Gasteiger partial charge in [-0.3, -0.25) is 0 Å². The van der Waals surface area contributed by atoms with Crippen LogP contribution >= 0.6 is 0 Å². The predicted molar refractivity (Wildman–Crippen MR) is 56.7 cm³/mol. The molecule has 1 aromatic rings. The van der Waals surface area contributed by atoms with Crippen molar-refractivity contribution >= 4 is 6.08 Å². The van der Waals surface area contributed by atoms with Gasteiger partial charge in [0, 0.05) is 0 Å². The zero-order valence-corrected chi connectivity index (χ0v) is 9.70. The molecule has 94 valence electrons. The molecule has 1 nitrogen and oxygen atoms in total. The summed E-state index contributed by atoms with van der Waals surface area (Å²) in [5.41, 5.74) is -1.82. The van der Waals surface area contributed by atoms with Gasteiger partial charge in [-0.1, -0.05) is 12.7 Å². The third kappa shape index (κ3) is 2.60. The first-order chi connectivity index (χ1) is 7.69. The molecule has 1 rings (SSSR count). The van der Waals surface area contributed by atoms with Crippen LogP contribution in [0.4, 0.5) is 17.6 Å². The van der Waals surface area contributed by atoms with E-state index in [2.05, 4.69) is 6.58 Å². The normalized spacial score (nSPS) is 11.5. The third-order valence-electron chi connectivity index (χ3n) is 1.87. The second-order valence-electron chi connectivity index (χ2n) is 4.42. The van der Waals surface area contributed by atoms with Crippen molar-refractivity contribution in [2.75, 3.05) is 0 Å². The van der Waals surface area contributed by atoms with Gasteiger partial charge in [-0.25, -0.2) is 8.78 Å². The topological polar surface area (TPSA) is 9.23 Å². The Hall–Kier alpha value is -1.52. The minimum Gasteiger partial charge on any atom is -0.482 e. The number of hydrogen-bond acceptors (Lipinski definition) is 1. The van der Waals surface area contributed by atoms with E-state index < -0.39 is 40.2 Å². The molecular weight excluding hydrogens is 236 g/mol. The van der Waals surface area contributed by atoms with Crippen LogP contribution in [-0.4, -0.2) is 5.60 Å². The zero-order chi connectivity index (χ0) is 13.4. The van der Waals surface area contributed by atoms with Crippen molar-refractivity contribution in [3.63, 3.8) is 0 Å². The molecule has 5 heteroatoms. The maximum absolute atomic E-state index is 13.5. The SMILES string of the molecule is C=Cc1c(F)c(F)c(OC(C)(C)C)c(F)c1F. The third-order valence-corrected chi connectivity index (χ3v) is 1.87. The molecule has 0 saturated heterocycles. The van der Waals surface area contributed by atoms with Crippen molar-refractivity contribution in [1.29, 1.82) is 0 Å². The summed E-state index contributed by atoms with van der Waals surface area (Å²) in [5, 5.41) is 0. The van der Waals surface area contributed by atoms with E-state index in [0.29, 0.717) is 6.08 Å². The Kier molecular flexibility index (Phi) is 3.50. The van der Waals surface area contributed by atoms with Gasteiger partial charge in [-0.2, -0.15) is 8.78 Å². The quantitative estimate of drug-likeness (QED) is 0.566. The van der Waals surface area contributed by atoms with E-state index in [1.165, 1.54) is 20.8 Å². The highest BCUT2D eigenvalue weighted by Crippen LogP contribution is 2.32. The molecule has 0 spiro atoms. The number of ether oxygens (including phenoxy) is 1. The van der Waals surface area contributed by atoms with Crippen molar-refractivity contribution in [3.05, 3.63) is 35.4 Å². The average molecular weight is 248 g/mol. The van der Waals surface area contributed by atoms with Crippen molar-refractivity contribution in [3.8, 4) is 5.75 Å². The van der Waals surface area contributed by atoms with Crippen LogP contribution in [-0.2, 0) is 0 Å². The minimum absolute atomic E-state index is 0.706. The Labute approximate surface area is 96.7 Å². The molecule has 0 amide bonds. The summed E-state index contributed by atoms with van der Waals surface area (Å²) in [6.07, 6.45) is 0.706. The van der Waals surface area contributed by atoms with E-state index >= 15 is 0 Å². The van der Waals surface area contributed by atoms with Gasteiger partial charge in [0.2, 0.25) is 11.6 Å². The van der Waals surface area contributed by atoms with Gasteiger partial charge in [-0.05, 0) is 20.8 Å². The summed E-state index contributed by atoms with van der Waals surface area (Å²) < 4.78 is 58.5. The smallest absolute Gasteiger partial charge is 0.204 e. The molecule has 0 aliphatic heterocycles. The minimum atomic E-state index is -1.56. The summed E-state index contributed by atoms with van der Waals surface area (Å²) in [6.45, 7) is 7.59. The zero-order valence-electron chi connectivity index (χ0n) is 9.70. The summed E-state index contributed by atoms with van der Waals surface area (Å²) in [4.78, 5) is 0. The van der Waals surface area contributed by atoms with E-state index in [9.17, 15) is 17.6 Å². The highest BCUT2D eigenvalue weighted by Gasteiger charge is 2.28. The van der Waals surface area contributed by atoms with Crippen LogP contribution in [0.3, 0.4) is 0 Å². The molecule has 0 atom stereocenters. The number of rotatable bonds is 2. The van der Waals surface area contributed by atoms with Crippen LogP contribution in [0.1, 0.15) is 26.3 Å². The van der Waals surface area contributed by atoms with Crippen LogP contribution in [0.15, 0.2) is 6.58 Å². The lowest BCUT2D eigenvalue weighted by Crippen LogP contribution is -2.25. The molecule has 17 heavy (non-hydrogen) atoms. The van der Waals surface area contributed by atoms with E-state index in [1.807, 2.05) is 0 Å². The fourth-order valence-corrected chi connectivity index (χ4v) is 1.20. The molecule has 0 aliphatic rings. The standard InChI is InChI=1S/C12H12F4O/c1-5-6-7(13)9(15)11(10(16)8(6)14)17-12(2,3)4/h5H,1H2,2-4H3. The summed E-state index contributed by atoms with van der Waals surface area (Å²) >= 11 is 0. The van der Waals surface area contributed by atoms with Crippen molar-refractivity contribution < 1.29 is 22.3 Å². The molecule has 0 heterocycles. The van der Waals surface area contributed by atoms with Gasteiger partial charge in [-0.15, -0.1) is 0 Å². The largest absolute Gasteiger partial charge is 0.482 e. The van der Waals surface area contributed by atoms with Crippen LogP contribution in [0.25, 0.3) is 6.08 Å². The van der Waals surface area contributed by atoms with Gasteiger partial charge >= 0.3 is 0 Å². The summed E-state index contributed by atoms with van der Waals surface area (Å²) in [6, 6.07) is 0. The maximum atomic E-state index is 13.5. The molecule has 1 aromatic carbocycles. The lowest BCUT2D eigenvalue weighted by Gasteiger charge is -2.22. The molecule has 0 unspecified atom stereocenters.